The Balaban J connectivity index is 1.64. The lowest BCUT2D eigenvalue weighted by Crippen LogP contribution is -1.96. The molecule has 0 amide bonds. The molecule has 0 spiro atoms. The summed E-state index contributed by atoms with van der Waals surface area (Å²) in [5, 5.41) is 10.4. The van der Waals surface area contributed by atoms with E-state index < -0.39 is 0 Å². The summed E-state index contributed by atoms with van der Waals surface area (Å²) < 4.78 is 11.5. The molecule has 0 unspecified atom stereocenters. The molecule has 3 aromatic rings. The monoisotopic (exact) mass is 404 g/mol. The van der Waals surface area contributed by atoms with Crippen LogP contribution < -0.4 is 9.47 Å². The van der Waals surface area contributed by atoms with Crippen LogP contribution in [0.3, 0.4) is 0 Å². The first-order valence-corrected chi connectivity index (χ1v) is 11.0. The molecule has 3 nitrogen and oxygen atoms in total. The van der Waals surface area contributed by atoms with Crippen molar-refractivity contribution in [3.8, 4) is 39.5 Å². The first-order chi connectivity index (χ1) is 14.7. The Morgan fingerprint density at radius 1 is 0.600 bits per heavy atom. The topological polar surface area (TPSA) is 38.7 Å². The maximum Gasteiger partial charge on any atom is 0.127 e. The first-order valence-electron chi connectivity index (χ1n) is 11.0. The molecule has 30 heavy (non-hydrogen) atoms. The summed E-state index contributed by atoms with van der Waals surface area (Å²) in [7, 11) is 0. The summed E-state index contributed by atoms with van der Waals surface area (Å²) >= 11 is 0. The molecule has 3 heteroatoms. The first kappa shape index (κ1) is 21.8. The summed E-state index contributed by atoms with van der Waals surface area (Å²) in [6, 6.07) is 22.0. The van der Waals surface area contributed by atoms with Crippen molar-refractivity contribution >= 4 is 0 Å². The number of benzene rings is 3. The van der Waals surface area contributed by atoms with E-state index in [9.17, 15) is 5.11 Å². The van der Waals surface area contributed by atoms with Gasteiger partial charge in [-0.1, -0.05) is 69.5 Å². The van der Waals surface area contributed by atoms with Crippen molar-refractivity contribution in [3.63, 3.8) is 0 Å². The van der Waals surface area contributed by atoms with E-state index in [0.717, 1.165) is 53.9 Å². The van der Waals surface area contributed by atoms with Gasteiger partial charge in [-0.15, -0.1) is 0 Å². The maximum absolute atomic E-state index is 10.4. The third-order valence-corrected chi connectivity index (χ3v) is 5.14. The average molecular weight is 405 g/mol. The van der Waals surface area contributed by atoms with Crippen LogP contribution in [0.1, 0.15) is 46.0 Å². The molecule has 0 atom stereocenters. The molecule has 0 radical (unpaired) electrons. The minimum absolute atomic E-state index is 0.237. The molecule has 0 bridgehead atoms. The van der Waals surface area contributed by atoms with Crippen molar-refractivity contribution in [1.29, 1.82) is 0 Å². The van der Waals surface area contributed by atoms with Gasteiger partial charge >= 0.3 is 0 Å². The van der Waals surface area contributed by atoms with Gasteiger partial charge in [0.2, 0.25) is 0 Å². The van der Waals surface area contributed by atoms with Gasteiger partial charge in [0, 0.05) is 11.6 Å². The van der Waals surface area contributed by atoms with Crippen molar-refractivity contribution in [3.05, 3.63) is 66.7 Å². The zero-order valence-corrected chi connectivity index (χ0v) is 18.1. The summed E-state index contributed by atoms with van der Waals surface area (Å²) in [5.74, 6) is 1.86. The molecule has 3 aromatic carbocycles. The Kier molecular flexibility index (Phi) is 8.20. The Labute approximate surface area is 180 Å². The summed E-state index contributed by atoms with van der Waals surface area (Å²) in [4.78, 5) is 0. The molecule has 0 aromatic heterocycles. The van der Waals surface area contributed by atoms with Gasteiger partial charge in [-0.25, -0.2) is 0 Å². The number of aromatic hydroxyl groups is 1. The number of phenols is 1. The standard InChI is InChI=1S/C27H32O3/c1-3-5-7-19-29-24-14-12-22(13-15-24)21-8-10-23(11-9-21)26-17-16-25(20-27(26)28)30-18-6-4-2/h8-17,20,28H,3-7,18-19H2,1-2H3. The van der Waals surface area contributed by atoms with Gasteiger partial charge in [0.15, 0.2) is 0 Å². The molecule has 158 valence electrons. The van der Waals surface area contributed by atoms with Crippen LogP contribution in [0.15, 0.2) is 66.7 Å². The minimum Gasteiger partial charge on any atom is -0.507 e. The predicted octanol–water partition coefficient (Wildman–Crippen LogP) is 7.47. The largest absolute Gasteiger partial charge is 0.507 e. The van der Waals surface area contributed by atoms with Crippen LogP contribution in [-0.2, 0) is 0 Å². The molecular weight excluding hydrogens is 372 g/mol. The van der Waals surface area contributed by atoms with Gasteiger partial charge in [-0.05, 0) is 53.8 Å². The van der Waals surface area contributed by atoms with Gasteiger partial charge in [0.25, 0.3) is 0 Å². The molecule has 0 aliphatic carbocycles. The lowest BCUT2D eigenvalue weighted by molar-refractivity contribution is 0.306. The Morgan fingerprint density at radius 2 is 1.13 bits per heavy atom. The maximum atomic E-state index is 10.4. The van der Waals surface area contributed by atoms with Gasteiger partial charge < -0.3 is 14.6 Å². The smallest absolute Gasteiger partial charge is 0.127 e. The highest BCUT2D eigenvalue weighted by atomic mass is 16.5. The Hall–Kier alpha value is -2.94. The Bertz CT molecular complexity index is 898. The molecule has 0 saturated carbocycles. The van der Waals surface area contributed by atoms with Crippen molar-refractivity contribution in [2.75, 3.05) is 13.2 Å². The zero-order valence-electron chi connectivity index (χ0n) is 18.1. The molecule has 0 aliphatic rings. The zero-order chi connectivity index (χ0) is 21.2. The fourth-order valence-electron chi connectivity index (χ4n) is 3.31. The van der Waals surface area contributed by atoms with Crippen LogP contribution in [0.5, 0.6) is 17.2 Å². The van der Waals surface area contributed by atoms with Crippen LogP contribution in [-0.4, -0.2) is 18.3 Å². The van der Waals surface area contributed by atoms with Crippen LogP contribution in [0.2, 0.25) is 0 Å². The van der Waals surface area contributed by atoms with Gasteiger partial charge in [0.05, 0.1) is 13.2 Å². The second-order valence-corrected chi connectivity index (χ2v) is 7.54. The van der Waals surface area contributed by atoms with Crippen molar-refractivity contribution in [1.82, 2.24) is 0 Å². The highest BCUT2D eigenvalue weighted by molar-refractivity contribution is 5.74. The van der Waals surface area contributed by atoms with E-state index in [1.165, 1.54) is 12.8 Å². The van der Waals surface area contributed by atoms with Crippen LogP contribution in [0, 0.1) is 0 Å². The van der Waals surface area contributed by atoms with Crippen LogP contribution in [0.4, 0.5) is 0 Å². The lowest BCUT2D eigenvalue weighted by atomic mass is 9.99. The summed E-state index contributed by atoms with van der Waals surface area (Å²) in [5.41, 5.74) is 4.06. The number of hydrogen-bond acceptors (Lipinski definition) is 3. The normalized spacial score (nSPS) is 10.7. The van der Waals surface area contributed by atoms with E-state index in [1.54, 1.807) is 6.07 Å². The quantitative estimate of drug-likeness (QED) is 0.337. The Morgan fingerprint density at radius 3 is 1.77 bits per heavy atom. The second-order valence-electron chi connectivity index (χ2n) is 7.54. The number of ether oxygens (including phenoxy) is 2. The van der Waals surface area contributed by atoms with Crippen LogP contribution >= 0.6 is 0 Å². The van der Waals surface area contributed by atoms with E-state index in [2.05, 4.69) is 38.1 Å². The molecule has 0 aliphatic heterocycles. The fourth-order valence-corrected chi connectivity index (χ4v) is 3.31. The van der Waals surface area contributed by atoms with Crippen molar-refractivity contribution in [2.24, 2.45) is 0 Å². The van der Waals surface area contributed by atoms with E-state index in [-0.39, 0.29) is 5.75 Å². The van der Waals surface area contributed by atoms with E-state index in [0.29, 0.717) is 12.4 Å². The number of rotatable bonds is 11. The second kappa shape index (κ2) is 11.3. The molecular formula is C27H32O3. The number of hydrogen-bond donors (Lipinski definition) is 1. The lowest BCUT2D eigenvalue weighted by Gasteiger charge is -2.10. The van der Waals surface area contributed by atoms with Crippen molar-refractivity contribution in [2.45, 2.75) is 46.0 Å². The number of phenolic OH excluding ortho intramolecular Hbond substituents is 1. The summed E-state index contributed by atoms with van der Waals surface area (Å²) in [6.45, 7) is 5.77. The van der Waals surface area contributed by atoms with E-state index in [1.807, 2.05) is 36.4 Å². The molecule has 0 saturated heterocycles. The van der Waals surface area contributed by atoms with Gasteiger partial charge in [-0.3, -0.25) is 0 Å². The van der Waals surface area contributed by atoms with E-state index in [4.69, 9.17) is 9.47 Å². The predicted molar refractivity (Wildman–Crippen MR) is 124 cm³/mol. The number of unbranched alkanes of at least 4 members (excludes halogenated alkanes) is 3. The molecule has 0 fully saturated rings. The van der Waals surface area contributed by atoms with Gasteiger partial charge in [0.1, 0.15) is 17.2 Å². The molecule has 3 rings (SSSR count). The third-order valence-electron chi connectivity index (χ3n) is 5.14. The van der Waals surface area contributed by atoms with Gasteiger partial charge in [-0.2, -0.15) is 0 Å². The van der Waals surface area contributed by atoms with Crippen molar-refractivity contribution < 1.29 is 14.6 Å². The fraction of sp³-hybridized carbons (Fsp3) is 0.333. The summed E-state index contributed by atoms with van der Waals surface area (Å²) in [6.07, 6.45) is 5.60. The molecule has 1 N–H and O–H groups in total. The highest BCUT2D eigenvalue weighted by Gasteiger charge is 2.07. The van der Waals surface area contributed by atoms with Crippen LogP contribution in [0.25, 0.3) is 22.3 Å². The molecule has 0 heterocycles. The highest BCUT2D eigenvalue weighted by Crippen LogP contribution is 2.34. The SMILES string of the molecule is CCCCCOc1ccc(-c2ccc(-c3ccc(OCCCC)cc3O)cc2)cc1. The van der Waals surface area contributed by atoms with E-state index >= 15 is 0 Å². The minimum atomic E-state index is 0.237. The third kappa shape index (κ3) is 6.03. The average Bonchev–Trinajstić information content (AvgIpc) is 2.78.